The standard InChI is InChI=1S/2C39H29ClN2O4/c2*1-25(43)42-33-19-11-8-16-30(33)38(36(42)44)34(27-14-6-3-7-15-27)35(28-20-22-29(40)23-21-28)46-39(38)31-17-9-10-18-32(31)41(37(39)45)24-26-12-4-2-5-13-26/h2*2-23,34-35H,24H2,1H3/t2*34-,35-,38-,39-/m10/s1. The number of benzene rings is 10. The van der Waals surface area contributed by atoms with Gasteiger partial charge in [-0.25, -0.2) is 9.80 Å². The van der Waals surface area contributed by atoms with Crippen LogP contribution in [0.25, 0.3) is 0 Å². The molecule has 92 heavy (non-hydrogen) atoms. The molecule has 6 heterocycles. The molecule has 10 aromatic rings. The molecule has 0 aliphatic carbocycles. The van der Waals surface area contributed by atoms with Crippen LogP contribution in [0.15, 0.2) is 267 Å². The van der Waals surface area contributed by atoms with Crippen molar-refractivity contribution in [2.24, 2.45) is 0 Å². The topological polar surface area (TPSA) is 134 Å². The highest BCUT2D eigenvalue weighted by Gasteiger charge is 2.82. The number of anilines is 4. The predicted molar refractivity (Wildman–Crippen MR) is 353 cm³/mol. The third-order valence-corrected chi connectivity index (χ3v) is 19.9. The number of para-hydroxylation sites is 4. The number of carbonyl (C=O) groups is 6. The molecule has 2 saturated heterocycles. The van der Waals surface area contributed by atoms with Crippen LogP contribution in [0.5, 0.6) is 0 Å². The second kappa shape index (κ2) is 22.4. The largest absolute Gasteiger partial charge is 0.350 e. The van der Waals surface area contributed by atoms with E-state index in [-0.39, 0.29) is 24.9 Å². The molecular weight excluding hydrogens is 1190 g/mol. The number of carbonyl (C=O) groups excluding carboxylic acids is 6. The van der Waals surface area contributed by atoms with Gasteiger partial charge >= 0.3 is 0 Å². The summed E-state index contributed by atoms with van der Waals surface area (Å²) in [7, 11) is 0. The van der Waals surface area contributed by atoms with Crippen molar-refractivity contribution in [1.82, 2.24) is 0 Å². The van der Waals surface area contributed by atoms with Gasteiger partial charge in [0.1, 0.15) is 10.8 Å². The summed E-state index contributed by atoms with van der Waals surface area (Å²) in [6.07, 6.45) is -1.51. The Morgan fingerprint density at radius 2 is 0.641 bits per heavy atom. The van der Waals surface area contributed by atoms with Gasteiger partial charge in [-0.3, -0.25) is 28.8 Å². The lowest BCUT2D eigenvalue weighted by molar-refractivity contribution is -0.154. The zero-order valence-corrected chi connectivity index (χ0v) is 51.4. The second-order valence-electron chi connectivity index (χ2n) is 24.1. The number of rotatable bonds is 8. The minimum absolute atomic E-state index is 0.283. The predicted octanol–water partition coefficient (Wildman–Crippen LogP) is 14.9. The fraction of sp³-hybridized carbons (Fsp3) is 0.154. The van der Waals surface area contributed by atoms with Gasteiger partial charge in [-0.1, -0.05) is 242 Å². The average molecular weight is 1250 g/mol. The van der Waals surface area contributed by atoms with Crippen molar-refractivity contribution in [3.8, 4) is 0 Å². The fourth-order valence-electron chi connectivity index (χ4n) is 16.0. The van der Waals surface area contributed by atoms with Crippen molar-refractivity contribution < 1.29 is 38.2 Å². The first-order chi connectivity index (χ1) is 44.8. The van der Waals surface area contributed by atoms with E-state index in [0.29, 0.717) is 55.0 Å². The number of hydrogen-bond acceptors (Lipinski definition) is 8. The molecular formula is C78H58Cl2N4O8. The summed E-state index contributed by atoms with van der Waals surface area (Å²) in [6.45, 7) is 3.34. The smallest absolute Gasteiger partial charge is 0.265 e. The summed E-state index contributed by atoms with van der Waals surface area (Å²) in [4.78, 5) is 94.6. The molecule has 4 spiro atoms. The van der Waals surface area contributed by atoms with Gasteiger partial charge in [0.25, 0.3) is 11.8 Å². The summed E-state index contributed by atoms with van der Waals surface area (Å²) in [5, 5.41) is 1.12. The van der Waals surface area contributed by atoms with E-state index in [4.69, 9.17) is 32.7 Å². The molecule has 0 saturated carbocycles. The van der Waals surface area contributed by atoms with E-state index >= 15 is 19.2 Å². The van der Waals surface area contributed by atoms with Crippen LogP contribution in [-0.4, -0.2) is 35.4 Å². The molecule has 6 aliphatic heterocycles. The normalized spacial score (nSPS) is 24.6. The van der Waals surface area contributed by atoms with Gasteiger partial charge in [0.2, 0.25) is 23.6 Å². The minimum Gasteiger partial charge on any atom is -0.350 e. The SMILES string of the molecule is CC(=O)N1C(=O)[C@@]2(c3ccccc31)[C@H](c1ccccc1)[C@@H](c1ccc(Cl)cc1)O[C@]21C(=O)N(Cc2ccccc2)c2ccccc21.CC(=O)N1C(=O)[C@]2(c3ccccc31)[C@@H](c1ccccc1)[C@H](c1ccc(Cl)cc1)O[C@@]21C(=O)N(Cc2ccccc2)c2ccccc21. The summed E-state index contributed by atoms with van der Waals surface area (Å²) < 4.78 is 14.6. The van der Waals surface area contributed by atoms with E-state index < -0.39 is 69.7 Å². The van der Waals surface area contributed by atoms with Crippen LogP contribution < -0.4 is 19.6 Å². The van der Waals surface area contributed by atoms with Crippen LogP contribution >= 0.6 is 23.2 Å². The van der Waals surface area contributed by atoms with Gasteiger partial charge < -0.3 is 19.3 Å². The van der Waals surface area contributed by atoms with E-state index in [1.807, 2.05) is 231 Å². The maximum Gasteiger partial charge on any atom is 0.265 e. The molecule has 0 radical (unpaired) electrons. The van der Waals surface area contributed by atoms with Crippen LogP contribution in [0.4, 0.5) is 22.7 Å². The first-order valence-corrected chi connectivity index (χ1v) is 31.3. The van der Waals surface area contributed by atoms with Gasteiger partial charge in [0.05, 0.1) is 48.0 Å². The summed E-state index contributed by atoms with van der Waals surface area (Å²) in [5.74, 6) is -3.88. The average Bonchev–Trinajstić information content (AvgIpc) is 1.49. The number of hydrogen-bond donors (Lipinski definition) is 0. The maximum absolute atomic E-state index is 15.5. The van der Waals surface area contributed by atoms with E-state index in [1.165, 1.54) is 23.6 Å². The Kier molecular flexibility index (Phi) is 14.2. The van der Waals surface area contributed by atoms with Gasteiger partial charge in [-0.15, -0.1) is 0 Å². The fourth-order valence-corrected chi connectivity index (χ4v) is 16.2. The van der Waals surface area contributed by atoms with Crippen LogP contribution in [0.2, 0.25) is 10.0 Å². The number of amides is 6. The van der Waals surface area contributed by atoms with E-state index in [2.05, 4.69) is 0 Å². The molecule has 6 aliphatic rings. The number of ether oxygens (including phenoxy) is 2. The molecule has 0 aromatic heterocycles. The lowest BCUT2D eigenvalue weighted by Gasteiger charge is -2.40. The van der Waals surface area contributed by atoms with Crippen LogP contribution in [0, 0.1) is 0 Å². The highest BCUT2D eigenvalue weighted by molar-refractivity contribution is 6.31. The third kappa shape index (κ3) is 8.23. The number of fused-ring (bicyclic) bond motifs is 10. The lowest BCUT2D eigenvalue weighted by atomic mass is 9.57. The first kappa shape index (κ1) is 58.3. The van der Waals surface area contributed by atoms with E-state index in [9.17, 15) is 9.59 Å². The summed E-state index contributed by atoms with van der Waals surface area (Å²) >= 11 is 12.7. The number of halogens is 2. The Morgan fingerprint density at radius 3 is 0.978 bits per heavy atom. The molecule has 12 nitrogen and oxygen atoms in total. The minimum atomic E-state index is -1.80. The molecule has 10 aromatic carbocycles. The van der Waals surface area contributed by atoms with Crippen molar-refractivity contribution in [3.63, 3.8) is 0 Å². The summed E-state index contributed by atoms with van der Waals surface area (Å²) in [6, 6.07) is 83.4. The zero-order valence-electron chi connectivity index (χ0n) is 49.9. The van der Waals surface area contributed by atoms with E-state index in [0.717, 1.165) is 33.4 Å². The lowest BCUT2D eigenvalue weighted by Crippen LogP contribution is -2.59. The molecule has 14 heteroatoms. The highest BCUT2D eigenvalue weighted by atomic mass is 35.5. The summed E-state index contributed by atoms with van der Waals surface area (Å²) in [5.41, 5.74) is 2.82. The molecule has 16 rings (SSSR count). The maximum atomic E-state index is 15.5. The zero-order chi connectivity index (χ0) is 63.3. The Balaban J connectivity index is 0.000000153. The molecule has 0 N–H and O–H groups in total. The van der Waals surface area contributed by atoms with Crippen molar-refractivity contribution in [3.05, 3.63) is 333 Å². The molecule has 452 valence electrons. The van der Waals surface area contributed by atoms with Crippen molar-refractivity contribution >= 4 is 81.4 Å². The van der Waals surface area contributed by atoms with Crippen LogP contribution in [0.3, 0.4) is 0 Å². The second-order valence-corrected chi connectivity index (χ2v) is 24.9. The Labute approximate surface area is 541 Å². The molecule has 8 atom stereocenters. The molecule has 2 fully saturated rings. The van der Waals surface area contributed by atoms with Gasteiger partial charge in [-0.05, 0) is 93.0 Å². The Bertz CT molecular complexity index is 4320. The Hall–Kier alpha value is -10.1. The molecule has 0 bridgehead atoms. The van der Waals surface area contributed by atoms with Crippen LogP contribution in [-0.2, 0) is 73.4 Å². The number of imide groups is 2. The van der Waals surface area contributed by atoms with Crippen molar-refractivity contribution in [1.29, 1.82) is 0 Å². The van der Waals surface area contributed by atoms with E-state index in [1.54, 1.807) is 46.2 Å². The van der Waals surface area contributed by atoms with Crippen LogP contribution in [0.1, 0.15) is 93.5 Å². The van der Waals surface area contributed by atoms with Crippen molar-refractivity contribution in [2.75, 3.05) is 19.6 Å². The Morgan fingerprint density at radius 1 is 0.348 bits per heavy atom. The third-order valence-electron chi connectivity index (χ3n) is 19.4. The quantitative estimate of drug-likeness (QED) is 0.147. The molecule has 6 amide bonds. The highest BCUT2D eigenvalue weighted by Crippen LogP contribution is 2.74. The monoisotopic (exact) mass is 1250 g/mol. The van der Waals surface area contributed by atoms with Gasteiger partial charge in [0.15, 0.2) is 11.2 Å². The molecule has 0 unspecified atom stereocenters. The van der Waals surface area contributed by atoms with Crippen molar-refractivity contribution in [2.45, 2.75) is 73.0 Å². The first-order valence-electron chi connectivity index (χ1n) is 30.6. The van der Waals surface area contributed by atoms with Gasteiger partial charge in [0, 0.05) is 46.9 Å². The van der Waals surface area contributed by atoms with Gasteiger partial charge in [-0.2, -0.15) is 0 Å². The number of nitrogens with zero attached hydrogens (tertiary/aromatic N) is 4.